The molecule has 3 aromatic carbocycles. The first-order valence-electron chi connectivity index (χ1n) is 27.0. The maximum Gasteiger partial charge on any atom is 0.303 e. The van der Waals surface area contributed by atoms with Gasteiger partial charge in [-0.2, -0.15) is 0 Å². The zero-order valence-electron chi connectivity index (χ0n) is 48.3. The fraction of sp³-hybridized carbons (Fsp3) is 0.545. The van der Waals surface area contributed by atoms with E-state index in [0.717, 1.165) is 59.6 Å². The molecule has 3 aromatic rings. The van der Waals surface area contributed by atoms with Crippen LogP contribution in [0.2, 0.25) is 0 Å². The van der Waals surface area contributed by atoms with Gasteiger partial charge in [-0.05, 0) is 16.7 Å². The molecule has 0 aromatic heterocycles. The highest BCUT2D eigenvalue weighted by Gasteiger charge is 2.59. The Kier molecular flexibility index (Phi) is 22.2. The van der Waals surface area contributed by atoms with Crippen LogP contribution in [-0.4, -0.2) is 166 Å². The van der Waals surface area contributed by atoms with Crippen LogP contribution in [0.5, 0.6) is 0 Å². The lowest BCUT2D eigenvalue weighted by molar-refractivity contribution is -0.384. The Labute approximate surface area is 470 Å². The number of alkyl halides is 1. The second kappa shape index (κ2) is 31.2. The number of hydrogen-bond acceptors (Lipinski definition) is 23. The van der Waals surface area contributed by atoms with E-state index in [1.165, 1.54) is 0 Å². The third kappa shape index (κ3) is 19.1. The molecular weight excluding hydrogens is 1110 g/mol. The van der Waals surface area contributed by atoms with E-state index in [0.29, 0.717) is 10.9 Å². The van der Waals surface area contributed by atoms with Crippen molar-refractivity contribution in [3.05, 3.63) is 108 Å². The monoisotopic (exact) mass is 1180 g/mol. The lowest BCUT2D eigenvalue weighted by atomic mass is 9.95. The van der Waals surface area contributed by atoms with Crippen LogP contribution in [-0.2, 0) is 129 Å². The van der Waals surface area contributed by atoms with E-state index in [1.807, 2.05) is 66.7 Å². The first-order chi connectivity index (χ1) is 39.4. The van der Waals surface area contributed by atoms with Crippen molar-refractivity contribution >= 4 is 57.7 Å². The SMILES string of the molecule is [2H]C([2H])(OC(C)=O)[C@H]1O[C@@H](O[C@@H]2[C@H](OC(C)=O)[C@@H](OC(C)=O)[C@H](O[C@H]3[C@H](OCc4ccccc4)[C@@H](OCc4ccccc4)[C@@H](OCCBr)O[C@@H]3COCc3ccccc3)O[C@@H]2C([2H])([2H])OC(C)=O)[C@H](OC(C)=O)[C@@H](OC(C)=O)[C@H]1OC(C)=O. The third-order valence-electron chi connectivity index (χ3n) is 11.6. The number of carbonyl (C=O) groups excluding carboxylic acids is 7. The van der Waals surface area contributed by atoms with Crippen LogP contribution in [0.3, 0.4) is 0 Å². The molecule has 15 atom stereocenters. The smallest absolute Gasteiger partial charge is 0.303 e. The van der Waals surface area contributed by atoms with Crippen LogP contribution in [0.1, 0.15) is 70.6 Å². The minimum Gasteiger partial charge on any atom is -0.463 e. The molecule has 0 N–H and O–H groups in total. The number of benzene rings is 3. The Morgan fingerprint density at radius 1 is 0.418 bits per heavy atom. The van der Waals surface area contributed by atoms with E-state index in [4.69, 9.17) is 78.5 Å². The summed E-state index contributed by atoms with van der Waals surface area (Å²) in [5.74, 6) is -8.03. The van der Waals surface area contributed by atoms with Gasteiger partial charge in [-0.3, -0.25) is 33.6 Å². The molecule has 3 heterocycles. The van der Waals surface area contributed by atoms with Gasteiger partial charge < -0.3 is 75.8 Å². The second-order valence-electron chi connectivity index (χ2n) is 18.0. The lowest BCUT2D eigenvalue weighted by Crippen LogP contribution is -2.68. The van der Waals surface area contributed by atoms with E-state index in [1.54, 1.807) is 24.3 Å². The Hall–Kier alpha value is -5.93. The molecule has 3 aliphatic heterocycles. The van der Waals surface area contributed by atoms with Crippen LogP contribution in [0.15, 0.2) is 91.0 Å². The molecule has 6 rings (SSSR count). The fourth-order valence-corrected chi connectivity index (χ4v) is 8.80. The molecule has 0 aliphatic carbocycles. The minimum atomic E-state index is -3.41. The molecule has 0 amide bonds. The summed E-state index contributed by atoms with van der Waals surface area (Å²) in [6.07, 6.45) is -28.5. The third-order valence-corrected chi connectivity index (χ3v) is 12.0. The highest BCUT2D eigenvalue weighted by Crippen LogP contribution is 2.39. The van der Waals surface area contributed by atoms with E-state index in [2.05, 4.69) is 15.9 Å². The molecule has 24 heteroatoms. The van der Waals surface area contributed by atoms with Crippen LogP contribution in [0.4, 0.5) is 0 Å². The Balaban J connectivity index is 1.54. The summed E-state index contributed by atoms with van der Waals surface area (Å²) in [5.41, 5.74) is 2.21. The number of hydrogen-bond donors (Lipinski definition) is 0. The first-order valence-corrected chi connectivity index (χ1v) is 26.1. The van der Waals surface area contributed by atoms with Gasteiger partial charge in [0.2, 0.25) is 0 Å². The predicted octanol–water partition coefficient (Wildman–Crippen LogP) is 4.52. The van der Waals surface area contributed by atoms with Crippen LogP contribution in [0.25, 0.3) is 0 Å². The van der Waals surface area contributed by atoms with E-state index in [-0.39, 0.29) is 33.0 Å². The fourth-order valence-electron chi connectivity index (χ4n) is 8.61. The minimum absolute atomic E-state index is 0.0227. The Bertz CT molecular complexity index is 2630. The molecule has 23 nitrogen and oxygen atoms in total. The largest absolute Gasteiger partial charge is 0.463 e. The number of halogens is 1. The van der Waals surface area contributed by atoms with Crippen molar-refractivity contribution in [2.45, 2.75) is 160 Å². The molecule has 0 unspecified atom stereocenters. The van der Waals surface area contributed by atoms with Gasteiger partial charge in [-0.15, -0.1) is 0 Å². The summed E-state index contributed by atoms with van der Waals surface area (Å²) in [5, 5.41) is 0.361. The van der Waals surface area contributed by atoms with Crippen molar-refractivity contribution in [1.82, 2.24) is 0 Å². The Morgan fingerprint density at radius 3 is 1.22 bits per heavy atom. The highest BCUT2D eigenvalue weighted by molar-refractivity contribution is 9.09. The summed E-state index contributed by atoms with van der Waals surface area (Å²) < 4.78 is 133. The number of carbonyl (C=O) groups is 7. The maximum absolute atomic E-state index is 13.5. The zero-order valence-corrected chi connectivity index (χ0v) is 45.9. The predicted molar refractivity (Wildman–Crippen MR) is 273 cm³/mol. The molecule has 0 radical (unpaired) electrons. The molecule has 3 aliphatic rings. The van der Waals surface area contributed by atoms with Crippen molar-refractivity contribution in [1.29, 1.82) is 0 Å². The summed E-state index contributed by atoms with van der Waals surface area (Å²) in [6, 6.07) is 27.3. The summed E-state index contributed by atoms with van der Waals surface area (Å²) >= 11 is 3.42. The Morgan fingerprint density at radius 2 is 0.785 bits per heavy atom. The summed E-state index contributed by atoms with van der Waals surface area (Å²) in [7, 11) is 0. The first kappa shape index (κ1) is 56.3. The maximum atomic E-state index is 13.5. The van der Waals surface area contributed by atoms with Crippen molar-refractivity contribution in [2.24, 2.45) is 0 Å². The number of rotatable bonds is 26. The van der Waals surface area contributed by atoms with Crippen molar-refractivity contribution in [3.8, 4) is 0 Å². The van der Waals surface area contributed by atoms with E-state index in [9.17, 15) is 36.3 Å². The summed E-state index contributed by atoms with van der Waals surface area (Å²) in [6.45, 7) is -0.664. The highest BCUT2D eigenvalue weighted by atomic mass is 79.9. The summed E-state index contributed by atoms with van der Waals surface area (Å²) in [4.78, 5) is 90.6. The molecule has 0 spiro atoms. The number of ether oxygens (including phenoxy) is 16. The van der Waals surface area contributed by atoms with Gasteiger partial charge in [0.25, 0.3) is 0 Å². The molecule has 79 heavy (non-hydrogen) atoms. The van der Waals surface area contributed by atoms with Crippen molar-refractivity contribution in [3.63, 3.8) is 0 Å². The topological polar surface area (TPSA) is 267 Å². The van der Waals surface area contributed by atoms with Crippen molar-refractivity contribution in [2.75, 3.05) is 31.7 Å². The van der Waals surface area contributed by atoms with Gasteiger partial charge in [-0.25, -0.2) is 0 Å². The van der Waals surface area contributed by atoms with Crippen LogP contribution < -0.4 is 0 Å². The molecule has 0 saturated carbocycles. The van der Waals surface area contributed by atoms with Crippen molar-refractivity contribution < 1.29 is 115 Å². The van der Waals surface area contributed by atoms with Gasteiger partial charge >= 0.3 is 41.8 Å². The zero-order chi connectivity index (χ0) is 60.6. The van der Waals surface area contributed by atoms with Gasteiger partial charge in [0, 0.05) is 53.8 Å². The average molecular weight is 1180 g/mol. The van der Waals surface area contributed by atoms with Gasteiger partial charge in [0.15, 0.2) is 49.4 Å². The van der Waals surface area contributed by atoms with Crippen LogP contribution in [0, 0.1) is 0 Å². The van der Waals surface area contributed by atoms with E-state index < -0.39 is 147 Å². The van der Waals surface area contributed by atoms with E-state index >= 15 is 0 Å². The molecule has 3 fully saturated rings. The number of esters is 7. The standard InChI is InChI=1S/C55H67BrO23/c1-31(57)66-29-42-45(70-33(3)59)48(71-34(4)60)51(73-36(6)62)55(76-42)79-46-43(30-67-32(2)58)77-54(52(74-37(7)63)49(46)72-35(5)61)78-44-41(28-64-25-38-17-11-8-12-18-38)75-53(65-24-23-56)50(69-27-40-21-15-10-16-22-40)47(44)68-26-39-19-13-9-14-20-39/h8-22,41-55H,23-30H2,1-7H3/t41-,42-,43-,44-,45+,46+,47+,48+,49+,50-,51-,52-,53+,54+,55+/m1/s1/i29D2,30D2. The normalized spacial score (nSPS) is 29.6. The van der Waals surface area contributed by atoms with Gasteiger partial charge in [-0.1, -0.05) is 107 Å². The average Bonchev–Trinajstić information content (AvgIpc) is 2.27. The molecule has 0 bridgehead atoms. The lowest BCUT2D eigenvalue weighted by Gasteiger charge is -2.50. The quantitative estimate of drug-likeness (QED) is 0.0607. The molecule has 3 saturated heterocycles. The molecular formula is C55H67BrO23. The second-order valence-corrected chi connectivity index (χ2v) is 18.8. The molecule has 432 valence electrons. The van der Waals surface area contributed by atoms with Crippen LogP contribution >= 0.6 is 15.9 Å². The van der Waals surface area contributed by atoms with Gasteiger partial charge in [0.1, 0.15) is 55.8 Å². The van der Waals surface area contributed by atoms with Gasteiger partial charge in [0.05, 0.1) is 38.5 Å².